The van der Waals surface area contributed by atoms with Gasteiger partial charge in [-0.25, -0.2) is 0 Å². The Morgan fingerprint density at radius 2 is 0.850 bits per heavy atom. The van der Waals surface area contributed by atoms with Crippen LogP contribution in [0.25, 0.3) is 0 Å². The summed E-state index contributed by atoms with van der Waals surface area (Å²) >= 11 is 0. The lowest BCUT2D eigenvalue weighted by Crippen LogP contribution is -2.68. The summed E-state index contributed by atoms with van der Waals surface area (Å²) < 4.78 is 0. The lowest BCUT2D eigenvalue weighted by molar-refractivity contribution is -0.137. The number of amides is 2. The largest absolute Gasteiger partial charge is 0.333 e. The topological polar surface area (TPSA) is 58.2 Å². The summed E-state index contributed by atoms with van der Waals surface area (Å²) in [4.78, 5) is 24.6. The normalized spacial score (nSPS) is 13.9. The summed E-state index contributed by atoms with van der Waals surface area (Å²) in [6, 6.07) is 0. The van der Waals surface area contributed by atoms with Gasteiger partial charge in [-0.2, -0.15) is 0 Å². The van der Waals surface area contributed by atoms with Crippen LogP contribution in [0.15, 0.2) is 0 Å². The molecule has 0 atom stereocenters. The first-order chi connectivity index (χ1) is 8.51. The second-order valence-electron chi connectivity index (χ2n) is 8.78. The summed E-state index contributed by atoms with van der Waals surface area (Å²) in [5, 5.41) is 6.01. The van der Waals surface area contributed by atoms with Gasteiger partial charge in [0.1, 0.15) is 5.66 Å². The first kappa shape index (κ1) is 18.9. The maximum Gasteiger partial charge on any atom is 0.227 e. The van der Waals surface area contributed by atoms with Crippen molar-refractivity contribution in [1.29, 1.82) is 0 Å². The fraction of sp³-hybridized carbons (Fsp3) is 0.875. The Balaban J connectivity index is 5.36. The summed E-state index contributed by atoms with van der Waals surface area (Å²) in [7, 11) is 0. The summed E-state index contributed by atoms with van der Waals surface area (Å²) in [5.41, 5.74) is -2.12. The Morgan fingerprint density at radius 1 is 0.600 bits per heavy atom. The van der Waals surface area contributed by atoms with Gasteiger partial charge in [0, 0.05) is 16.2 Å². The molecule has 0 unspecified atom stereocenters. The van der Waals surface area contributed by atoms with Gasteiger partial charge in [-0.15, -0.1) is 0 Å². The van der Waals surface area contributed by atoms with Gasteiger partial charge in [0.15, 0.2) is 0 Å². The number of hydrogen-bond acceptors (Lipinski definition) is 2. The second-order valence-corrected chi connectivity index (χ2v) is 8.78. The van der Waals surface area contributed by atoms with E-state index in [2.05, 4.69) is 10.6 Å². The average molecular weight is 284 g/mol. The van der Waals surface area contributed by atoms with Crippen molar-refractivity contribution >= 4 is 11.8 Å². The molecule has 0 saturated carbocycles. The van der Waals surface area contributed by atoms with Crippen LogP contribution in [-0.4, -0.2) is 17.5 Å². The third-order valence-electron chi connectivity index (χ3n) is 3.59. The molecular formula is C16H32N2O2. The lowest BCUT2D eigenvalue weighted by atomic mass is 9.79. The van der Waals surface area contributed by atoms with Gasteiger partial charge in [-0.05, 0) is 6.92 Å². The molecule has 0 aromatic heterocycles. The van der Waals surface area contributed by atoms with Crippen molar-refractivity contribution in [3.8, 4) is 0 Å². The Morgan fingerprint density at radius 3 is 1.00 bits per heavy atom. The molecule has 0 aliphatic heterocycles. The Bertz CT molecular complexity index is 351. The van der Waals surface area contributed by atoms with E-state index in [1.165, 1.54) is 0 Å². The van der Waals surface area contributed by atoms with E-state index in [4.69, 9.17) is 0 Å². The summed E-state index contributed by atoms with van der Waals surface area (Å²) in [6.45, 7) is 19.0. The van der Waals surface area contributed by atoms with Crippen LogP contribution >= 0.6 is 0 Å². The van der Waals surface area contributed by atoms with E-state index < -0.39 is 16.5 Å². The van der Waals surface area contributed by atoms with Gasteiger partial charge in [0.05, 0.1) is 0 Å². The zero-order valence-corrected chi connectivity index (χ0v) is 14.8. The molecule has 0 aliphatic carbocycles. The van der Waals surface area contributed by atoms with E-state index in [1.54, 1.807) is 0 Å². The molecule has 4 heteroatoms. The molecule has 0 fully saturated rings. The second kappa shape index (κ2) is 5.38. The maximum atomic E-state index is 12.3. The molecule has 20 heavy (non-hydrogen) atoms. The van der Waals surface area contributed by atoms with E-state index >= 15 is 0 Å². The molecule has 0 aromatic carbocycles. The molecule has 2 N–H and O–H groups in total. The zero-order chi connectivity index (χ0) is 16.6. The zero-order valence-electron chi connectivity index (χ0n) is 14.8. The minimum absolute atomic E-state index is 0.0795. The highest BCUT2D eigenvalue weighted by Gasteiger charge is 2.43. The average Bonchev–Trinajstić information content (AvgIpc) is 2.12. The molecule has 0 aromatic rings. The van der Waals surface area contributed by atoms with Gasteiger partial charge < -0.3 is 10.6 Å². The highest BCUT2D eigenvalue weighted by Crippen LogP contribution is 2.30. The molecule has 4 nitrogen and oxygen atoms in total. The molecule has 0 bridgehead atoms. The van der Waals surface area contributed by atoms with Crippen LogP contribution in [0.3, 0.4) is 0 Å². The van der Waals surface area contributed by atoms with E-state index in [1.807, 2.05) is 69.2 Å². The minimum atomic E-state index is -0.804. The predicted molar refractivity (Wildman–Crippen MR) is 83.1 cm³/mol. The van der Waals surface area contributed by atoms with E-state index in [0.29, 0.717) is 0 Å². The predicted octanol–water partition coefficient (Wildman–Crippen LogP) is 3.07. The fourth-order valence-electron chi connectivity index (χ4n) is 1.24. The van der Waals surface area contributed by atoms with Crippen LogP contribution < -0.4 is 10.6 Å². The first-order valence-corrected chi connectivity index (χ1v) is 7.16. The molecule has 0 spiro atoms. The van der Waals surface area contributed by atoms with Gasteiger partial charge in [-0.3, -0.25) is 9.59 Å². The van der Waals surface area contributed by atoms with Crippen LogP contribution in [0.4, 0.5) is 0 Å². The van der Waals surface area contributed by atoms with Crippen molar-refractivity contribution in [2.75, 3.05) is 0 Å². The minimum Gasteiger partial charge on any atom is -0.333 e. The van der Waals surface area contributed by atoms with Crippen LogP contribution in [0, 0.1) is 16.2 Å². The number of rotatable bonds is 2. The Hall–Kier alpha value is -1.06. The molecule has 0 radical (unpaired) electrons. The van der Waals surface area contributed by atoms with Gasteiger partial charge in [-0.1, -0.05) is 62.3 Å². The highest BCUT2D eigenvalue weighted by atomic mass is 16.2. The molecular weight excluding hydrogens is 252 g/mol. The molecule has 0 heterocycles. The van der Waals surface area contributed by atoms with Crippen LogP contribution in [-0.2, 0) is 9.59 Å². The van der Waals surface area contributed by atoms with Crippen molar-refractivity contribution in [2.45, 2.75) is 74.9 Å². The first-order valence-electron chi connectivity index (χ1n) is 7.16. The third-order valence-corrected chi connectivity index (χ3v) is 3.59. The van der Waals surface area contributed by atoms with Gasteiger partial charge >= 0.3 is 0 Å². The van der Waals surface area contributed by atoms with Crippen LogP contribution in [0.5, 0.6) is 0 Å². The van der Waals surface area contributed by atoms with Crippen molar-refractivity contribution in [1.82, 2.24) is 10.6 Å². The number of nitrogens with one attached hydrogen (secondary N) is 2. The fourth-order valence-corrected chi connectivity index (χ4v) is 1.24. The van der Waals surface area contributed by atoms with Gasteiger partial charge in [0.25, 0.3) is 0 Å². The number of carbonyl (C=O) groups excluding carboxylic acids is 2. The van der Waals surface area contributed by atoms with Gasteiger partial charge in [0.2, 0.25) is 11.8 Å². The van der Waals surface area contributed by atoms with Crippen LogP contribution in [0.2, 0.25) is 0 Å². The smallest absolute Gasteiger partial charge is 0.227 e. The van der Waals surface area contributed by atoms with E-state index in [-0.39, 0.29) is 17.2 Å². The molecule has 118 valence electrons. The Kier molecular flexibility index (Phi) is 5.09. The summed E-state index contributed by atoms with van der Waals surface area (Å²) in [5.74, 6) is -0.159. The lowest BCUT2D eigenvalue weighted by Gasteiger charge is -2.45. The quantitative estimate of drug-likeness (QED) is 0.766. The Labute approximate surface area is 124 Å². The molecule has 0 rings (SSSR count). The number of carbonyl (C=O) groups is 2. The monoisotopic (exact) mass is 284 g/mol. The van der Waals surface area contributed by atoms with E-state index in [9.17, 15) is 9.59 Å². The molecule has 2 amide bonds. The highest BCUT2D eigenvalue weighted by molar-refractivity contribution is 5.85. The third kappa shape index (κ3) is 4.80. The SMILES string of the molecule is CC(C)(C)C(=O)NC(C)(NC(=O)C(C)(C)C)C(C)(C)C. The van der Waals surface area contributed by atoms with Crippen molar-refractivity contribution in [3.05, 3.63) is 0 Å². The van der Waals surface area contributed by atoms with Crippen molar-refractivity contribution in [2.24, 2.45) is 16.2 Å². The van der Waals surface area contributed by atoms with Crippen molar-refractivity contribution in [3.63, 3.8) is 0 Å². The van der Waals surface area contributed by atoms with Crippen molar-refractivity contribution < 1.29 is 9.59 Å². The van der Waals surface area contributed by atoms with E-state index in [0.717, 1.165) is 0 Å². The molecule has 0 aliphatic rings. The standard InChI is InChI=1S/C16H32N2O2/c1-13(2,3)11(19)17-16(10,15(7,8)9)18-12(20)14(4,5)6/h1-10H3,(H,17,19)(H,18,20). The number of hydrogen-bond donors (Lipinski definition) is 2. The van der Waals surface area contributed by atoms with Crippen LogP contribution in [0.1, 0.15) is 69.2 Å². The maximum absolute atomic E-state index is 12.3. The molecule has 0 saturated heterocycles. The summed E-state index contributed by atoms with van der Waals surface area (Å²) in [6.07, 6.45) is 0.